The van der Waals surface area contributed by atoms with Gasteiger partial charge in [-0.3, -0.25) is 9.59 Å². The summed E-state index contributed by atoms with van der Waals surface area (Å²) in [6.45, 7) is 2.81. The Morgan fingerprint density at radius 1 is 1.04 bits per heavy atom. The van der Waals surface area contributed by atoms with E-state index in [4.69, 9.17) is 0 Å². The van der Waals surface area contributed by atoms with Gasteiger partial charge >= 0.3 is 0 Å². The van der Waals surface area contributed by atoms with Crippen molar-refractivity contribution in [3.63, 3.8) is 0 Å². The van der Waals surface area contributed by atoms with Crippen LogP contribution in [0.2, 0.25) is 0 Å². The second kappa shape index (κ2) is 11.2. The second-order valence-corrected chi connectivity index (χ2v) is 7.98. The number of thioether (sulfide) groups is 1. The maximum Gasteiger partial charge on any atom is 0.239 e. The standard InChI is InChI=1S/C20H30N2O2S/c1-16-7-9-18(10-8-16)15-25-12-11-21-20(24)14-22-19(23)13-17-5-3-2-4-6-17/h7-10,17H,2-6,11-15H2,1H3,(H,21,24)(H,22,23). The molecular weight excluding hydrogens is 332 g/mol. The van der Waals surface area contributed by atoms with Gasteiger partial charge in [0.05, 0.1) is 6.54 Å². The topological polar surface area (TPSA) is 58.2 Å². The summed E-state index contributed by atoms with van der Waals surface area (Å²) in [5, 5.41) is 5.61. The molecule has 5 heteroatoms. The number of hydrogen-bond acceptors (Lipinski definition) is 3. The molecule has 0 heterocycles. The molecule has 0 saturated heterocycles. The fourth-order valence-electron chi connectivity index (χ4n) is 3.10. The first-order valence-electron chi connectivity index (χ1n) is 9.30. The van der Waals surface area contributed by atoms with Gasteiger partial charge in [0.15, 0.2) is 0 Å². The largest absolute Gasteiger partial charge is 0.354 e. The minimum atomic E-state index is -0.104. The average Bonchev–Trinajstić information content (AvgIpc) is 2.62. The zero-order valence-corrected chi connectivity index (χ0v) is 16.0. The number of aryl methyl sites for hydroxylation is 1. The lowest BCUT2D eigenvalue weighted by molar-refractivity contribution is -0.126. The van der Waals surface area contributed by atoms with E-state index in [-0.39, 0.29) is 18.4 Å². The molecule has 1 fully saturated rings. The molecule has 0 bridgehead atoms. The quantitative estimate of drug-likeness (QED) is 0.662. The van der Waals surface area contributed by atoms with Crippen LogP contribution in [0, 0.1) is 12.8 Å². The van der Waals surface area contributed by atoms with Gasteiger partial charge in [0, 0.05) is 24.5 Å². The molecule has 1 aliphatic rings. The molecule has 1 aromatic carbocycles. The van der Waals surface area contributed by atoms with E-state index in [0.29, 0.717) is 18.9 Å². The Morgan fingerprint density at radius 3 is 2.48 bits per heavy atom. The Labute approximate surface area is 155 Å². The summed E-state index contributed by atoms with van der Waals surface area (Å²) >= 11 is 1.80. The molecule has 138 valence electrons. The van der Waals surface area contributed by atoms with E-state index in [9.17, 15) is 9.59 Å². The highest BCUT2D eigenvalue weighted by atomic mass is 32.2. The molecule has 1 aromatic rings. The van der Waals surface area contributed by atoms with Crippen LogP contribution in [0.15, 0.2) is 24.3 Å². The molecule has 0 radical (unpaired) electrons. The van der Waals surface area contributed by atoms with Gasteiger partial charge in [-0.15, -0.1) is 0 Å². The van der Waals surface area contributed by atoms with Crippen molar-refractivity contribution in [2.75, 3.05) is 18.8 Å². The highest BCUT2D eigenvalue weighted by molar-refractivity contribution is 7.98. The van der Waals surface area contributed by atoms with Crippen molar-refractivity contribution in [1.82, 2.24) is 10.6 Å². The van der Waals surface area contributed by atoms with Gasteiger partial charge in [-0.05, 0) is 31.2 Å². The monoisotopic (exact) mass is 362 g/mol. The Balaban J connectivity index is 1.49. The second-order valence-electron chi connectivity index (χ2n) is 6.87. The number of nitrogens with one attached hydrogen (secondary N) is 2. The zero-order valence-electron chi connectivity index (χ0n) is 15.2. The molecule has 25 heavy (non-hydrogen) atoms. The highest BCUT2D eigenvalue weighted by Gasteiger charge is 2.17. The third-order valence-electron chi connectivity index (χ3n) is 4.60. The number of carbonyl (C=O) groups is 2. The lowest BCUT2D eigenvalue weighted by Gasteiger charge is -2.20. The smallest absolute Gasteiger partial charge is 0.239 e. The fourth-order valence-corrected chi connectivity index (χ4v) is 3.92. The van der Waals surface area contributed by atoms with Gasteiger partial charge < -0.3 is 10.6 Å². The third kappa shape index (κ3) is 8.43. The number of rotatable bonds is 9. The van der Waals surface area contributed by atoms with Gasteiger partial charge in [-0.2, -0.15) is 11.8 Å². The molecule has 2 amide bonds. The van der Waals surface area contributed by atoms with Crippen molar-refractivity contribution < 1.29 is 9.59 Å². The lowest BCUT2D eigenvalue weighted by atomic mass is 9.87. The van der Waals surface area contributed by atoms with Crippen molar-refractivity contribution in [2.45, 2.75) is 51.2 Å². The number of carbonyl (C=O) groups excluding carboxylic acids is 2. The van der Waals surface area contributed by atoms with Gasteiger partial charge in [0.2, 0.25) is 11.8 Å². The SMILES string of the molecule is Cc1ccc(CSCCNC(=O)CNC(=O)CC2CCCCC2)cc1. The van der Waals surface area contributed by atoms with Crippen LogP contribution in [-0.4, -0.2) is 30.7 Å². The summed E-state index contributed by atoms with van der Waals surface area (Å²) in [6, 6.07) is 8.52. The molecular formula is C20H30N2O2S. The van der Waals surface area contributed by atoms with Gasteiger partial charge in [-0.25, -0.2) is 0 Å². The van der Waals surface area contributed by atoms with E-state index in [1.165, 1.54) is 30.4 Å². The molecule has 1 aliphatic carbocycles. The van der Waals surface area contributed by atoms with Crippen LogP contribution in [0.3, 0.4) is 0 Å². The minimum Gasteiger partial charge on any atom is -0.354 e. The third-order valence-corrected chi connectivity index (χ3v) is 5.63. The van der Waals surface area contributed by atoms with Crippen LogP contribution in [0.4, 0.5) is 0 Å². The summed E-state index contributed by atoms with van der Waals surface area (Å²) in [5.74, 6) is 2.24. The van der Waals surface area contributed by atoms with E-state index >= 15 is 0 Å². The fraction of sp³-hybridized carbons (Fsp3) is 0.600. The van der Waals surface area contributed by atoms with E-state index < -0.39 is 0 Å². The minimum absolute atomic E-state index is 0.01000. The average molecular weight is 363 g/mol. The van der Waals surface area contributed by atoms with Crippen molar-refractivity contribution in [2.24, 2.45) is 5.92 Å². The first-order chi connectivity index (χ1) is 12.1. The molecule has 0 aromatic heterocycles. The normalized spacial score (nSPS) is 14.9. The van der Waals surface area contributed by atoms with Crippen molar-refractivity contribution >= 4 is 23.6 Å². The van der Waals surface area contributed by atoms with Crippen LogP contribution in [-0.2, 0) is 15.3 Å². The van der Waals surface area contributed by atoms with Crippen molar-refractivity contribution in [3.05, 3.63) is 35.4 Å². The first-order valence-corrected chi connectivity index (χ1v) is 10.5. The summed E-state index contributed by atoms with van der Waals surface area (Å²) in [5.41, 5.74) is 2.57. The summed E-state index contributed by atoms with van der Waals surface area (Å²) in [6.07, 6.45) is 6.63. The van der Waals surface area contributed by atoms with Gasteiger partial charge in [-0.1, -0.05) is 49.1 Å². The summed E-state index contributed by atoms with van der Waals surface area (Å²) in [7, 11) is 0. The maximum absolute atomic E-state index is 11.9. The predicted octanol–water partition coefficient (Wildman–Crippen LogP) is 3.43. The summed E-state index contributed by atoms with van der Waals surface area (Å²) in [4.78, 5) is 23.7. The van der Waals surface area contributed by atoms with Gasteiger partial charge in [0.1, 0.15) is 0 Å². The molecule has 0 atom stereocenters. The predicted molar refractivity (Wildman–Crippen MR) is 105 cm³/mol. The molecule has 1 saturated carbocycles. The Morgan fingerprint density at radius 2 is 1.76 bits per heavy atom. The van der Waals surface area contributed by atoms with E-state index in [1.807, 2.05) is 0 Å². The summed E-state index contributed by atoms with van der Waals surface area (Å²) < 4.78 is 0. The number of hydrogen-bond donors (Lipinski definition) is 2. The zero-order chi connectivity index (χ0) is 17.9. The maximum atomic E-state index is 11.9. The Hall–Kier alpha value is -1.49. The molecule has 4 nitrogen and oxygen atoms in total. The number of benzene rings is 1. The molecule has 0 spiro atoms. The molecule has 0 aliphatic heterocycles. The Bertz CT molecular complexity index is 539. The van der Waals surface area contributed by atoms with E-state index in [0.717, 1.165) is 24.3 Å². The van der Waals surface area contributed by atoms with Crippen LogP contribution < -0.4 is 10.6 Å². The van der Waals surface area contributed by atoms with Crippen molar-refractivity contribution in [1.29, 1.82) is 0 Å². The van der Waals surface area contributed by atoms with Gasteiger partial charge in [0.25, 0.3) is 0 Å². The van der Waals surface area contributed by atoms with Crippen LogP contribution in [0.25, 0.3) is 0 Å². The first kappa shape index (κ1) is 19.8. The lowest BCUT2D eigenvalue weighted by Crippen LogP contribution is -2.38. The molecule has 2 N–H and O–H groups in total. The van der Waals surface area contributed by atoms with E-state index in [1.54, 1.807) is 11.8 Å². The highest BCUT2D eigenvalue weighted by Crippen LogP contribution is 2.25. The van der Waals surface area contributed by atoms with Crippen molar-refractivity contribution in [3.8, 4) is 0 Å². The van der Waals surface area contributed by atoms with Crippen LogP contribution in [0.1, 0.15) is 49.7 Å². The molecule has 0 unspecified atom stereocenters. The van der Waals surface area contributed by atoms with Crippen LogP contribution in [0.5, 0.6) is 0 Å². The van der Waals surface area contributed by atoms with Crippen LogP contribution >= 0.6 is 11.8 Å². The van der Waals surface area contributed by atoms with E-state index in [2.05, 4.69) is 41.8 Å². The Kier molecular flexibility index (Phi) is 8.87. The number of amides is 2. The molecule has 2 rings (SSSR count).